The van der Waals surface area contributed by atoms with Crippen molar-refractivity contribution in [1.82, 2.24) is 0 Å². The molecule has 2 N–H and O–H groups in total. The van der Waals surface area contributed by atoms with Crippen LogP contribution in [0.4, 0.5) is 5.69 Å². The van der Waals surface area contributed by atoms with Gasteiger partial charge in [-0.1, -0.05) is 30.3 Å². The first-order valence-corrected chi connectivity index (χ1v) is 9.48. The fourth-order valence-corrected chi connectivity index (χ4v) is 2.92. The maximum absolute atomic E-state index is 8.98. The van der Waals surface area contributed by atoms with Gasteiger partial charge in [0.2, 0.25) is 0 Å². The lowest BCUT2D eigenvalue weighted by Crippen LogP contribution is -2.14. The van der Waals surface area contributed by atoms with Gasteiger partial charge < -0.3 is 24.6 Å². The number of nitrogens with one attached hydrogen (secondary N) is 1. The van der Waals surface area contributed by atoms with E-state index in [0.29, 0.717) is 26.4 Å². The minimum atomic E-state index is -0.758. The zero-order valence-corrected chi connectivity index (χ0v) is 16.4. The molecule has 0 amide bonds. The van der Waals surface area contributed by atoms with Crippen LogP contribution in [0.2, 0.25) is 0 Å². The summed E-state index contributed by atoms with van der Waals surface area (Å²) in [6.45, 7) is 3.33. The van der Waals surface area contributed by atoms with Gasteiger partial charge in [-0.2, -0.15) is 0 Å². The van der Waals surface area contributed by atoms with Gasteiger partial charge in [0.25, 0.3) is 0 Å². The maximum Gasteiger partial charge on any atom is 0.151 e. The summed E-state index contributed by atoms with van der Waals surface area (Å²) in [5, 5.41) is 14.6. The molecular weight excluding hydrogens is 354 g/mol. The molecule has 3 rings (SSSR count). The lowest BCUT2D eigenvalue weighted by Gasteiger charge is -2.10. The number of hydrogen-bond acceptors (Lipinski definition) is 5. The summed E-state index contributed by atoms with van der Waals surface area (Å²) in [4.78, 5) is 0. The first kappa shape index (κ1) is 20.1. The van der Waals surface area contributed by atoms with Crippen LogP contribution < -0.4 is 10.1 Å². The Hall–Kier alpha value is -2.60. The van der Waals surface area contributed by atoms with Gasteiger partial charge in [0.05, 0.1) is 19.8 Å². The van der Waals surface area contributed by atoms with Gasteiger partial charge in [0, 0.05) is 12.7 Å². The third kappa shape index (κ3) is 5.70. The highest BCUT2D eigenvalue weighted by molar-refractivity contribution is 5.89. The van der Waals surface area contributed by atoms with Crippen molar-refractivity contribution in [3.05, 3.63) is 60.7 Å². The van der Waals surface area contributed by atoms with E-state index >= 15 is 0 Å². The van der Waals surface area contributed by atoms with Crippen molar-refractivity contribution in [2.24, 2.45) is 0 Å². The van der Waals surface area contributed by atoms with E-state index in [-0.39, 0.29) is 0 Å². The highest BCUT2D eigenvalue weighted by atomic mass is 16.6. The molecule has 3 aromatic rings. The molecule has 0 spiro atoms. The molecule has 0 heterocycles. The van der Waals surface area contributed by atoms with Crippen LogP contribution in [-0.2, 0) is 9.47 Å². The summed E-state index contributed by atoms with van der Waals surface area (Å²) in [7, 11) is 1.93. The monoisotopic (exact) mass is 381 g/mol. The Labute approximate surface area is 165 Å². The van der Waals surface area contributed by atoms with Crippen LogP contribution in [0.25, 0.3) is 21.9 Å². The molecule has 0 aliphatic heterocycles. The van der Waals surface area contributed by atoms with Crippen molar-refractivity contribution < 1.29 is 19.3 Å². The largest absolute Gasteiger partial charge is 0.491 e. The van der Waals surface area contributed by atoms with Crippen molar-refractivity contribution in [2.75, 3.05) is 38.8 Å². The predicted octanol–water partition coefficient (Wildman–Crippen LogP) is 4.30. The van der Waals surface area contributed by atoms with Crippen LogP contribution in [0.5, 0.6) is 5.75 Å². The Balaban J connectivity index is 1.52. The Kier molecular flexibility index (Phi) is 7.25. The standard InChI is InChI=1S/C23H27NO4/c1-17(25)27-13-11-26-12-14-28-23-9-6-18(7-10-23)19-3-4-21-16-22(24-2)8-5-20(21)15-19/h3-10,15-17,24-25H,11-14H2,1-2H3. The molecule has 0 bridgehead atoms. The fraction of sp³-hybridized carbons (Fsp3) is 0.304. The summed E-state index contributed by atoms with van der Waals surface area (Å²) in [6, 6.07) is 20.9. The van der Waals surface area contributed by atoms with E-state index in [2.05, 4.69) is 53.8 Å². The van der Waals surface area contributed by atoms with Crippen molar-refractivity contribution in [3.8, 4) is 16.9 Å². The molecule has 0 saturated heterocycles. The topological polar surface area (TPSA) is 60.0 Å². The van der Waals surface area contributed by atoms with Crippen LogP contribution in [0.15, 0.2) is 60.7 Å². The van der Waals surface area contributed by atoms with Crippen LogP contribution in [0.3, 0.4) is 0 Å². The van der Waals surface area contributed by atoms with E-state index in [0.717, 1.165) is 17.0 Å². The fourth-order valence-electron chi connectivity index (χ4n) is 2.92. The average Bonchev–Trinajstić information content (AvgIpc) is 2.72. The third-order valence-electron chi connectivity index (χ3n) is 4.40. The average molecular weight is 381 g/mol. The van der Waals surface area contributed by atoms with E-state index in [1.807, 2.05) is 19.2 Å². The maximum atomic E-state index is 8.98. The van der Waals surface area contributed by atoms with Crippen molar-refractivity contribution in [2.45, 2.75) is 13.2 Å². The second-order valence-electron chi connectivity index (χ2n) is 6.48. The van der Waals surface area contributed by atoms with E-state index in [9.17, 15) is 0 Å². The third-order valence-corrected chi connectivity index (χ3v) is 4.40. The zero-order chi connectivity index (χ0) is 19.8. The smallest absolute Gasteiger partial charge is 0.151 e. The molecule has 0 saturated carbocycles. The summed E-state index contributed by atoms with van der Waals surface area (Å²) < 4.78 is 16.1. The second kappa shape index (κ2) is 10.1. The number of aliphatic hydroxyl groups excluding tert-OH is 1. The Morgan fingerprint density at radius 3 is 2.25 bits per heavy atom. The normalized spacial score (nSPS) is 12.1. The van der Waals surface area contributed by atoms with E-state index in [1.54, 1.807) is 6.92 Å². The van der Waals surface area contributed by atoms with E-state index < -0.39 is 6.29 Å². The molecule has 0 aliphatic carbocycles. The molecular formula is C23H27NO4. The van der Waals surface area contributed by atoms with Gasteiger partial charge in [0.1, 0.15) is 12.4 Å². The first-order valence-electron chi connectivity index (χ1n) is 9.48. The molecule has 0 aliphatic rings. The second-order valence-corrected chi connectivity index (χ2v) is 6.48. The van der Waals surface area contributed by atoms with Crippen LogP contribution >= 0.6 is 0 Å². The number of hydrogen-bond donors (Lipinski definition) is 2. The zero-order valence-electron chi connectivity index (χ0n) is 16.4. The predicted molar refractivity (Wildman–Crippen MR) is 113 cm³/mol. The number of fused-ring (bicyclic) bond motifs is 1. The number of benzene rings is 3. The van der Waals surface area contributed by atoms with Gasteiger partial charge in [0.15, 0.2) is 6.29 Å². The minimum absolute atomic E-state index is 0.369. The Morgan fingerprint density at radius 1 is 0.821 bits per heavy atom. The van der Waals surface area contributed by atoms with Gasteiger partial charge in [-0.25, -0.2) is 0 Å². The highest BCUT2D eigenvalue weighted by Gasteiger charge is 2.02. The quantitative estimate of drug-likeness (QED) is 0.405. The molecule has 5 nitrogen and oxygen atoms in total. The van der Waals surface area contributed by atoms with Gasteiger partial charge in [-0.15, -0.1) is 0 Å². The van der Waals surface area contributed by atoms with Crippen LogP contribution in [-0.4, -0.2) is 44.9 Å². The van der Waals surface area contributed by atoms with Crippen molar-refractivity contribution in [1.29, 1.82) is 0 Å². The molecule has 0 aromatic heterocycles. The Bertz CT molecular complexity index is 877. The minimum Gasteiger partial charge on any atom is -0.491 e. The number of rotatable bonds is 10. The first-order chi connectivity index (χ1) is 13.7. The molecule has 3 aromatic carbocycles. The van der Waals surface area contributed by atoms with E-state index in [1.165, 1.54) is 16.3 Å². The van der Waals surface area contributed by atoms with Gasteiger partial charge in [-0.3, -0.25) is 0 Å². The SMILES string of the molecule is CNc1ccc2cc(-c3ccc(OCCOCCOC(C)O)cc3)ccc2c1. The molecule has 0 radical (unpaired) electrons. The lowest BCUT2D eigenvalue weighted by atomic mass is 10.0. The number of aliphatic hydroxyl groups is 1. The summed E-state index contributed by atoms with van der Waals surface area (Å²) in [5.74, 6) is 0.812. The van der Waals surface area contributed by atoms with Gasteiger partial charge >= 0.3 is 0 Å². The van der Waals surface area contributed by atoms with Gasteiger partial charge in [-0.05, 0) is 59.2 Å². The summed E-state index contributed by atoms with van der Waals surface area (Å²) in [6.07, 6.45) is -0.758. The summed E-state index contributed by atoms with van der Waals surface area (Å²) >= 11 is 0. The molecule has 28 heavy (non-hydrogen) atoms. The molecule has 1 unspecified atom stereocenters. The van der Waals surface area contributed by atoms with Crippen molar-refractivity contribution in [3.63, 3.8) is 0 Å². The lowest BCUT2D eigenvalue weighted by molar-refractivity contribution is -0.100. The molecule has 5 heteroatoms. The molecule has 1 atom stereocenters. The van der Waals surface area contributed by atoms with E-state index in [4.69, 9.17) is 19.3 Å². The Morgan fingerprint density at radius 2 is 1.50 bits per heavy atom. The van der Waals surface area contributed by atoms with Crippen LogP contribution in [0.1, 0.15) is 6.92 Å². The number of ether oxygens (including phenoxy) is 3. The van der Waals surface area contributed by atoms with Crippen molar-refractivity contribution >= 4 is 16.5 Å². The highest BCUT2D eigenvalue weighted by Crippen LogP contribution is 2.27. The molecule has 0 fully saturated rings. The number of anilines is 1. The summed E-state index contributed by atoms with van der Waals surface area (Å²) in [5.41, 5.74) is 3.44. The molecule has 148 valence electrons. The van der Waals surface area contributed by atoms with Crippen LogP contribution in [0, 0.1) is 0 Å².